The van der Waals surface area contributed by atoms with Gasteiger partial charge >= 0.3 is 0 Å². The van der Waals surface area contributed by atoms with Crippen LogP contribution in [0.1, 0.15) is 26.6 Å². The highest BCUT2D eigenvalue weighted by molar-refractivity contribution is 9.10. The largest absolute Gasteiger partial charge is 0.383 e. The van der Waals surface area contributed by atoms with Gasteiger partial charge in [-0.15, -0.1) is 0 Å². The molecule has 0 aliphatic heterocycles. The van der Waals surface area contributed by atoms with Gasteiger partial charge < -0.3 is 10.3 Å². The van der Waals surface area contributed by atoms with Gasteiger partial charge in [0.25, 0.3) is 0 Å². The van der Waals surface area contributed by atoms with Crippen LogP contribution in [0.15, 0.2) is 22.7 Å². The number of nitrogens with zero attached hydrogens (tertiary/aromatic N) is 2. The van der Waals surface area contributed by atoms with Crippen LogP contribution in [0.5, 0.6) is 0 Å². The smallest absolute Gasteiger partial charge is 0.131 e. The normalized spacial score (nSPS) is 11.3. The average Bonchev–Trinajstić information content (AvgIpc) is 2.70. The molecule has 0 aliphatic rings. The molecule has 2 aromatic rings. The number of aryl methyl sites for hydroxylation is 1. The summed E-state index contributed by atoms with van der Waals surface area (Å²) in [6, 6.07) is 5.79. The lowest BCUT2D eigenvalue weighted by Gasteiger charge is -2.11. The Hall–Kier alpha value is -1.00. The van der Waals surface area contributed by atoms with E-state index in [0.717, 1.165) is 34.5 Å². The Kier molecular flexibility index (Phi) is 4.76. The monoisotopic (exact) mass is 355 g/mol. The molecule has 0 aliphatic carbocycles. The number of nitrogen functional groups attached to an aromatic ring is 1. The number of anilines is 1. The summed E-state index contributed by atoms with van der Waals surface area (Å²) >= 11 is 9.56. The predicted molar refractivity (Wildman–Crippen MR) is 89.0 cm³/mol. The Bertz CT molecular complexity index is 620. The number of halogens is 2. The van der Waals surface area contributed by atoms with E-state index in [1.54, 1.807) is 0 Å². The Labute approximate surface area is 133 Å². The van der Waals surface area contributed by atoms with Crippen LogP contribution in [0.25, 0.3) is 11.3 Å². The van der Waals surface area contributed by atoms with E-state index < -0.39 is 0 Å². The fourth-order valence-electron chi connectivity index (χ4n) is 2.21. The van der Waals surface area contributed by atoms with Crippen molar-refractivity contribution in [2.45, 2.75) is 33.7 Å². The molecule has 20 heavy (non-hydrogen) atoms. The van der Waals surface area contributed by atoms with Crippen molar-refractivity contribution in [3.63, 3.8) is 0 Å². The molecule has 2 rings (SSSR count). The molecule has 0 amide bonds. The van der Waals surface area contributed by atoms with Crippen LogP contribution in [-0.2, 0) is 13.0 Å². The van der Waals surface area contributed by atoms with Crippen LogP contribution >= 0.6 is 27.5 Å². The zero-order valence-corrected chi connectivity index (χ0v) is 14.3. The highest BCUT2D eigenvalue weighted by Gasteiger charge is 2.16. The summed E-state index contributed by atoms with van der Waals surface area (Å²) in [5, 5.41) is 0.665. The zero-order chi connectivity index (χ0) is 14.9. The second-order valence-electron chi connectivity index (χ2n) is 5.25. The number of nitrogens with two attached hydrogens (primary N) is 1. The fraction of sp³-hybridized carbons (Fsp3) is 0.400. The van der Waals surface area contributed by atoms with E-state index >= 15 is 0 Å². The summed E-state index contributed by atoms with van der Waals surface area (Å²) in [4.78, 5) is 4.69. The molecule has 0 unspecified atom stereocenters. The third-order valence-electron chi connectivity index (χ3n) is 3.14. The molecule has 1 aromatic carbocycles. The predicted octanol–water partition coefficient (Wildman–Crippen LogP) is 4.77. The molecular weight excluding hydrogens is 338 g/mol. The summed E-state index contributed by atoms with van der Waals surface area (Å²) in [5.41, 5.74) is 8.06. The molecule has 5 heteroatoms. The topological polar surface area (TPSA) is 43.8 Å². The first-order valence-corrected chi connectivity index (χ1v) is 7.91. The summed E-state index contributed by atoms with van der Waals surface area (Å²) < 4.78 is 2.98. The molecule has 3 nitrogen and oxygen atoms in total. The Morgan fingerprint density at radius 1 is 1.40 bits per heavy atom. The van der Waals surface area contributed by atoms with Crippen LogP contribution < -0.4 is 5.73 Å². The van der Waals surface area contributed by atoms with Crippen LogP contribution in [0, 0.1) is 5.92 Å². The first-order chi connectivity index (χ1) is 9.43. The summed E-state index contributed by atoms with van der Waals surface area (Å²) in [7, 11) is 0. The molecule has 2 N–H and O–H groups in total. The average molecular weight is 357 g/mol. The van der Waals surface area contributed by atoms with Gasteiger partial charge in [0, 0.05) is 23.0 Å². The molecule has 0 spiro atoms. The number of hydrogen-bond acceptors (Lipinski definition) is 2. The molecule has 0 saturated heterocycles. The Morgan fingerprint density at radius 3 is 2.65 bits per heavy atom. The SMILES string of the molecule is CCc1nc(-c2ccc(Br)c(Cl)c2)c(N)n1CC(C)C. The van der Waals surface area contributed by atoms with E-state index in [-0.39, 0.29) is 0 Å². The lowest BCUT2D eigenvalue weighted by molar-refractivity contribution is 0.513. The van der Waals surface area contributed by atoms with Crippen molar-refractivity contribution >= 4 is 33.3 Å². The van der Waals surface area contributed by atoms with Crippen molar-refractivity contribution in [1.82, 2.24) is 9.55 Å². The second kappa shape index (κ2) is 6.19. The number of rotatable bonds is 4. The van der Waals surface area contributed by atoms with E-state index in [2.05, 4.69) is 46.3 Å². The van der Waals surface area contributed by atoms with E-state index in [4.69, 9.17) is 17.3 Å². The van der Waals surface area contributed by atoms with Gasteiger partial charge in [-0.05, 0) is 34.0 Å². The van der Waals surface area contributed by atoms with Gasteiger partial charge in [-0.1, -0.05) is 38.4 Å². The standard InChI is InChI=1S/C15H19BrClN3/c1-4-13-19-14(15(18)20(13)8-9(2)3)10-5-6-11(16)12(17)7-10/h5-7,9H,4,8,18H2,1-3H3. The van der Waals surface area contributed by atoms with E-state index in [1.165, 1.54) is 0 Å². The molecule has 0 atom stereocenters. The van der Waals surface area contributed by atoms with Crippen molar-refractivity contribution in [2.75, 3.05) is 5.73 Å². The summed E-state index contributed by atoms with van der Waals surface area (Å²) in [6.07, 6.45) is 0.862. The minimum absolute atomic E-state index is 0.526. The Morgan fingerprint density at radius 2 is 2.10 bits per heavy atom. The molecule has 0 saturated carbocycles. The highest BCUT2D eigenvalue weighted by atomic mass is 79.9. The summed E-state index contributed by atoms with van der Waals surface area (Å²) in [6.45, 7) is 7.33. The maximum absolute atomic E-state index is 6.29. The number of benzene rings is 1. The number of aromatic nitrogens is 2. The molecule has 1 heterocycles. The van der Waals surface area contributed by atoms with Crippen molar-refractivity contribution in [1.29, 1.82) is 0 Å². The minimum atomic E-state index is 0.526. The molecule has 0 radical (unpaired) electrons. The van der Waals surface area contributed by atoms with E-state index in [9.17, 15) is 0 Å². The maximum Gasteiger partial charge on any atom is 0.131 e. The lowest BCUT2D eigenvalue weighted by atomic mass is 10.1. The maximum atomic E-state index is 6.29. The Balaban J connectivity index is 2.51. The van der Waals surface area contributed by atoms with Gasteiger partial charge in [0.05, 0.1) is 5.02 Å². The van der Waals surface area contributed by atoms with Gasteiger partial charge in [0.2, 0.25) is 0 Å². The van der Waals surface area contributed by atoms with Gasteiger partial charge in [-0.3, -0.25) is 0 Å². The lowest BCUT2D eigenvalue weighted by Crippen LogP contribution is -2.10. The number of imidazole rings is 1. The van der Waals surface area contributed by atoms with Gasteiger partial charge in [-0.2, -0.15) is 0 Å². The van der Waals surface area contributed by atoms with Crippen molar-refractivity contribution in [2.24, 2.45) is 5.92 Å². The fourth-order valence-corrected chi connectivity index (χ4v) is 2.64. The number of hydrogen-bond donors (Lipinski definition) is 1. The van der Waals surface area contributed by atoms with Gasteiger partial charge in [0.15, 0.2) is 0 Å². The van der Waals surface area contributed by atoms with Crippen molar-refractivity contribution < 1.29 is 0 Å². The zero-order valence-electron chi connectivity index (χ0n) is 12.0. The first-order valence-electron chi connectivity index (χ1n) is 6.74. The molecule has 108 valence electrons. The quantitative estimate of drug-likeness (QED) is 0.857. The van der Waals surface area contributed by atoms with Crippen LogP contribution in [0.2, 0.25) is 5.02 Å². The van der Waals surface area contributed by atoms with E-state index in [0.29, 0.717) is 16.8 Å². The second-order valence-corrected chi connectivity index (χ2v) is 6.51. The molecule has 0 bridgehead atoms. The molecular formula is C15H19BrClN3. The third-order valence-corrected chi connectivity index (χ3v) is 4.38. The highest BCUT2D eigenvalue weighted by Crippen LogP contribution is 2.32. The summed E-state index contributed by atoms with van der Waals surface area (Å²) in [5.74, 6) is 2.26. The van der Waals surface area contributed by atoms with Crippen LogP contribution in [0.4, 0.5) is 5.82 Å². The van der Waals surface area contributed by atoms with Crippen molar-refractivity contribution in [3.05, 3.63) is 33.5 Å². The molecule has 1 aromatic heterocycles. The van der Waals surface area contributed by atoms with Crippen LogP contribution in [-0.4, -0.2) is 9.55 Å². The van der Waals surface area contributed by atoms with Crippen LogP contribution in [0.3, 0.4) is 0 Å². The van der Waals surface area contributed by atoms with E-state index in [1.807, 2.05) is 18.2 Å². The van der Waals surface area contributed by atoms with Crippen molar-refractivity contribution in [3.8, 4) is 11.3 Å². The van der Waals surface area contributed by atoms with Gasteiger partial charge in [-0.25, -0.2) is 4.98 Å². The molecule has 0 fully saturated rings. The first kappa shape index (κ1) is 15.4. The van der Waals surface area contributed by atoms with Gasteiger partial charge in [0.1, 0.15) is 17.3 Å². The minimum Gasteiger partial charge on any atom is -0.383 e. The third kappa shape index (κ3) is 3.01.